The Morgan fingerprint density at radius 3 is 2.35 bits per heavy atom. The van der Waals surface area contributed by atoms with Crippen LogP contribution >= 0.6 is 10.7 Å². The van der Waals surface area contributed by atoms with Crippen LogP contribution in [0.3, 0.4) is 0 Å². The molecule has 0 aliphatic carbocycles. The quantitative estimate of drug-likeness (QED) is 0.437. The Balaban J connectivity index is 3.24. The van der Waals surface area contributed by atoms with Crippen LogP contribution in [0.4, 0.5) is 0 Å². The Kier molecular flexibility index (Phi) is 3.47. The molecule has 0 aromatic rings. The van der Waals surface area contributed by atoms with Crippen molar-refractivity contribution in [1.29, 1.82) is 0 Å². The van der Waals surface area contributed by atoms with E-state index in [0.717, 1.165) is 6.92 Å². The minimum absolute atomic E-state index is 0.525. The number of hydrogen-bond acceptors (Lipinski definition) is 7. The summed E-state index contributed by atoms with van der Waals surface area (Å²) >= 11 is 0. The van der Waals surface area contributed by atoms with Crippen molar-refractivity contribution in [2.24, 2.45) is 0 Å². The average molecular weight is 290 g/mol. The summed E-state index contributed by atoms with van der Waals surface area (Å²) in [6.07, 6.45) is -2.14. The second-order valence-corrected chi connectivity index (χ2v) is 6.48. The molecular formula is C7H10ClO8S. The lowest BCUT2D eigenvalue weighted by Gasteiger charge is -2.33. The summed E-state index contributed by atoms with van der Waals surface area (Å²) in [6, 6.07) is 0. The molecule has 0 aromatic heterocycles. The molecule has 1 unspecified atom stereocenters. The first-order valence-corrected chi connectivity index (χ1v) is 6.61. The minimum atomic E-state index is -4.59. The fraction of sp³-hybridized carbons (Fsp3) is 0.714. The van der Waals surface area contributed by atoms with Gasteiger partial charge in [0, 0.05) is 10.7 Å². The molecular weight excluding hydrogens is 280 g/mol. The highest BCUT2D eigenvalue weighted by molar-refractivity contribution is 8.14. The number of ether oxygens (including phenoxy) is 1. The smallest absolute Gasteiger partial charge is 0.341 e. The van der Waals surface area contributed by atoms with E-state index in [4.69, 9.17) is 15.8 Å². The molecule has 1 fully saturated rings. The van der Waals surface area contributed by atoms with Crippen molar-refractivity contribution in [3.8, 4) is 0 Å². The van der Waals surface area contributed by atoms with E-state index in [1.807, 2.05) is 0 Å². The van der Waals surface area contributed by atoms with Gasteiger partial charge in [-0.25, -0.2) is 13.2 Å². The van der Waals surface area contributed by atoms with Gasteiger partial charge in [-0.2, -0.15) is 0 Å². The van der Waals surface area contributed by atoms with E-state index >= 15 is 0 Å². The van der Waals surface area contributed by atoms with Gasteiger partial charge in [0.05, 0.1) is 0 Å². The van der Waals surface area contributed by atoms with Crippen LogP contribution in [0.1, 0.15) is 6.92 Å². The molecule has 1 heterocycles. The van der Waals surface area contributed by atoms with E-state index in [0.29, 0.717) is 6.61 Å². The monoisotopic (exact) mass is 289 g/mol. The molecule has 0 spiro atoms. The molecule has 0 amide bonds. The summed E-state index contributed by atoms with van der Waals surface area (Å²) < 4.78 is 26.3. The SMILES string of the molecule is C[C@]1(O)[CH]O[C@H](C(O)S(=O)(=O)Cl)[C@]1(O)C(=O)O. The molecule has 0 saturated carbocycles. The van der Waals surface area contributed by atoms with Gasteiger partial charge in [-0.1, -0.05) is 0 Å². The lowest BCUT2D eigenvalue weighted by molar-refractivity contribution is -0.188. The number of rotatable bonds is 3. The molecule has 1 radical (unpaired) electrons. The van der Waals surface area contributed by atoms with Crippen molar-refractivity contribution in [2.75, 3.05) is 0 Å². The van der Waals surface area contributed by atoms with E-state index in [1.165, 1.54) is 0 Å². The van der Waals surface area contributed by atoms with Gasteiger partial charge in [-0.15, -0.1) is 0 Å². The predicted octanol–water partition coefficient (Wildman–Crippen LogP) is -2.00. The number of aliphatic hydroxyl groups excluding tert-OH is 1. The first kappa shape index (κ1) is 14.6. The summed E-state index contributed by atoms with van der Waals surface area (Å²) in [4.78, 5) is 10.9. The zero-order valence-electron chi connectivity index (χ0n) is 8.44. The van der Waals surface area contributed by atoms with Crippen molar-refractivity contribution < 1.29 is 38.4 Å². The van der Waals surface area contributed by atoms with Gasteiger partial charge in [-0.05, 0) is 6.92 Å². The number of carbonyl (C=O) groups is 1. The zero-order valence-corrected chi connectivity index (χ0v) is 10.0. The standard InChI is InChI=1S/C7H10ClO8S/c1-6(12)2-16-3(4(9)17(8,14)15)7(6,13)5(10)11/h2-4,9,12-13H,1H3,(H,10,11)/t3-,4?,6+,7+/m1/s1. The van der Waals surface area contributed by atoms with Crippen LogP contribution in [0.15, 0.2) is 0 Å². The third kappa shape index (κ3) is 2.14. The number of aliphatic hydroxyl groups is 3. The summed E-state index contributed by atoms with van der Waals surface area (Å²) in [5.41, 5.74) is -7.92. The van der Waals surface area contributed by atoms with E-state index in [-0.39, 0.29) is 0 Å². The highest BCUT2D eigenvalue weighted by atomic mass is 35.7. The van der Waals surface area contributed by atoms with Crippen molar-refractivity contribution in [3.63, 3.8) is 0 Å². The molecule has 8 nitrogen and oxygen atoms in total. The van der Waals surface area contributed by atoms with Crippen LogP contribution in [0, 0.1) is 6.61 Å². The molecule has 1 aliphatic rings. The van der Waals surface area contributed by atoms with Gasteiger partial charge in [-0.3, -0.25) is 0 Å². The Bertz CT molecular complexity index is 431. The fourth-order valence-corrected chi connectivity index (χ4v) is 2.28. The van der Waals surface area contributed by atoms with Crippen LogP contribution < -0.4 is 0 Å². The van der Waals surface area contributed by atoms with Gasteiger partial charge in [0.2, 0.25) is 5.60 Å². The predicted molar refractivity (Wildman–Crippen MR) is 53.2 cm³/mol. The van der Waals surface area contributed by atoms with E-state index in [1.54, 1.807) is 0 Å². The van der Waals surface area contributed by atoms with Crippen LogP contribution in [-0.4, -0.2) is 57.6 Å². The molecule has 10 heteroatoms. The Hall–Kier alpha value is -0.450. The molecule has 1 saturated heterocycles. The third-order valence-corrected chi connectivity index (χ3v) is 3.87. The minimum Gasteiger partial charge on any atom is -0.479 e. The molecule has 1 aliphatic heterocycles. The maximum Gasteiger partial charge on any atom is 0.341 e. The Labute approximate surface area is 101 Å². The first-order valence-electron chi connectivity index (χ1n) is 4.24. The van der Waals surface area contributed by atoms with Crippen molar-refractivity contribution in [3.05, 3.63) is 6.61 Å². The molecule has 0 aromatic carbocycles. The number of carboxylic acids is 1. The number of carboxylic acid groups (broad SMARTS) is 1. The van der Waals surface area contributed by atoms with Crippen molar-refractivity contribution in [1.82, 2.24) is 0 Å². The van der Waals surface area contributed by atoms with Gasteiger partial charge in [0.15, 0.2) is 5.44 Å². The van der Waals surface area contributed by atoms with Gasteiger partial charge in [0.1, 0.15) is 18.3 Å². The summed E-state index contributed by atoms with van der Waals surface area (Å²) in [5, 5.41) is 37.5. The van der Waals surface area contributed by atoms with E-state index in [2.05, 4.69) is 4.74 Å². The number of hydrogen-bond donors (Lipinski definition) is 4. The zero-order chi connectivity index (χ0) is 13.6. The topological polar surface area (TPSA) is 141 Å². The van der Waals surface area contributed by atoms with Crippen LogP contribution in [-0.2, 0) is 18.6 Å². The van der Waals surface area contributed by atoms with Crippen LogP contribution in [0.25, 0.3) is 0 Å². The van der Waals surface area contributed by atoms with Crippen LogP contribution in [0.2, 0.25) is 0 Å². The fourth-order valence-electron chi connectivity index (χ4n) is 1.44. The number of aliphatic carboxylic acids is 1. The maximum absolute atomic E-state index is 10.9. The Morgan fingerprint density at radius 1 is 1.53 bits per heavy atom. The molecule has 4 atom stereocenters. The largest absolute Gasteiger partial charge is 0.479 e. The van der Waals surface area contributed by atoms with Gasteiger partial charge in [0.25, 0.3) is 9.05 Å². The van der Waals surface area contributed by atoms with E-state index in [9.17, 15) is 28.5 Å². The molecule has 1 rings (SSSR count). The Morgan fingerprint density at radius 2 is 2.00 bits per heavy atom. The molecule has 99 valence electrons. The van der Waals surface area contributed by atoms with E-state index < -0.39 is 37.8 Å². The average Bonchev–Trinajstić information content (AvgIpc) is 2.37. The summed E-state index contributed by atoms with van der Waals surface area (Å²) in [7, 11) is 0.239. The third-order valence-electron chi connectivity index (χ3n) is 2.50. The molecule has 0 bridgehead atoms. The second kappa shape index (κ2) is 4.04. The summed E-state index contributed by atoms with van der Waals surface area (Å²) in [5.74, 6) is -1.96. The maximum atomic E-state index is 10.9. The van der Waals surface area contributed by atoms with Crippen molar-refractivity contribution in [2.45, 2.75) is 29.7 Å². The lowest BCUT2D eigenvalue weighted by atomic mass is 9.83. The first-order chi connectivity index (χ1) is 7.44. The van der Waals surface area contributed by atoms with Gasteiger partial charge >= 0.3 is 5.97 Å². The summed E-state index contributed by atoms with van der Waals surface area (Å²) in [6.45, 7) is 1.41. The normalized spacial score (nSPS) is 40.2. The number of halogens is 1. The van der Waals surface area contributed by atoms with Crippen LogP contribution in [0.5, 0.6) is 0 Å². The second-order valence-electron chi connectivity index (χ2n) is 3.76. The highest BCUT2D eigenvalue weighted by Gasteiger charge is 2.67. The highest BCUT2D eigenvalue weighted by Crippen LogP contribution is 2.40. The lowest BCUT2D eigenvalue weighted by Crippen LogP contribution is -2.63. The van der Waals surface area contributed by atoms with Gasteiger partial charge < -0.3 is 25.2 Å². The molecule has 17 heavy (non-hydrogen) atoms. The van der Waals surface area contributed by atoms with Crippen molar-refractivity contribution >= 4 is 25.7 Å². The molecule has 4 N–H and O–H groups in total.